The predicted octanol–water partition coefficient (Wildman–Crippen LogP) is 6.14. The van der Waals surface area contributed by atoms with Gasteiger partial charge in [-0.3, -0.25) is 14.9 Å². The first-order valence-corrected chi connectivity index (χ1v) is 11.6. The van der Waals surface area contributed by atoms with Crippen LogP contribution >= 0.6 is 0 Å². The zero-order valence-corrected chi connectivity index (χ0v) is 18.1. The van der Waals surface area contributed by atoms with E-state index in [0.29, 0.717) is 41.0 Å². The first kappa shape index (κ1) is 20.0. The van der Waals surface area contributed by atoms with Crippen molar-refractivity contribution < 1.29 is 9.72 Å². The number of nitro benzene ring substituents is 1. The molecule has 166 valence electrons. The third kappa shape index (κ3) is 3.37. The monoisotopic (exact) mass is 439 g/mol. The standard InChI is InChI=1S/C27H25N3O3/c31-27(28-20-7-4-8-21(15-20)30(32)33)19-11-12-23-22(14-19)24-17-9-10-18(13-17)25(24)26(29-23)16-5-2-1-3-6-16/h1-8,11-12,14-15,17-18,24-26,29H,9-10,13H2,(H,28,31)/t17-,18-,24-,25-,26+/m0/s1. The Kier molecular flexibility index (Phi) is 4.68. The van der Waals surface area contributed by atoms with Crippen LogP contribution in [0.25, 0.3) is 0 Å². The number of fused-ring (bicyclic) bond motifs is 7. The lowest BCUT2D eigenvalue weighted by atomic mass is 9.68. The number of carbonyl (C=O) groups excluding carboxylic acids is 1. The number of benzene rings is 3. The minimum Gasteiger partial charge on any atom is -0.378 e. The Labute approximate surface area is 192 Å². The first-order chi connectivity index (χ1) is 16.1. The van der Waals surface area contributed by atoms with Gasteiger partial charge in [0, 0.05) is 29.1 Å². The number of anilines is 2. The maximum Gasteiger partial charge on any atom is 0.271 e. The minimum atomic E-state index is -0.460. The SMILES string of the molecule is O=C(Nc1cccc([N+](=O)[O-])c1)c1ccc2c(c1)[C@@H]1[C@H]3CC[C@@H](C3)[C@@H]1[C@@H](c1ccccc1)N2. The second-order valence-corrected chi connectivity index (χ2v) is 9.53. The molecule has 2 aliphatic carbocycles. The molecular weight excluding hydrogens is 414 g/mol. The van der Waals surface area contributed by atoms with Gasteiger partial charge in [-0.1, -0.05) is 36.4 Å². The van der Waals surface area contributed by atoms with E-state index < -0.39 is 4.92 Å². The van der Waals surface area contributed by atoms with Crippen LogP contribution < -0.4 is 10.6 Å². The molecule has 33 heavy (non-hydrogen) atoms. The summed E-state index contributed by atoms with van der Waals surface area (Å²) in [6.07, 6.45) is 3.82. The summed E-state index contributed by atoms with van der Waals surface area (Å²) in [5, 5.41) is 17.7. The van der Waals surface area contributed by atoms with Crippen molar-refractivity contribution in [2.75, 3.05) is 10.6 Å². The largest absolute Gasteiger partial charge is 0.378 e. The van der Waals surface area contributed by atoms with Gasteiger partial charge in [0.1, 0.15) is 0 Å². The zero-order valence-electron chi connectivity index (χ0n) is 18.1. The maximum atomic E-state index is 13.0. The molecule has 0 aromatic heterocycles. The van der Waals surface area contributed by atoms with E-state index in [1.54, 1.807) is 12.1 Å². The van der Waals surface area contributed by atoms with Crippen LogP contribution in [-0.4, -0.2) is 10.8 Å². The highest BCUT2D eigenvalue weighted by molar-refractivity contribution is 6.04. The van der Waals surface area contributed by atoms with Gasteiger partial charge in [0.15, 0.2) is 0 Å². The van der Waals surface area contributed by atoms with Crippen LogP contribution in [0.1, 0.15) is 52.7 Å². The molecule has 2 bridgehead atoms. The molecule has 0 radical (unpaired) electrons. The maximum absolute atomic E-state index is 13.0. The zero-order chi connectivity index (χ0) is 22.5. The molecule has 6 heteroatoms. The van der Waals surface area contributed by atoms with Crippen LogP contribution in [0.3, 0.4) is 0 Å². The summed E-state index contributed by atoms with van der Waals surface area (Å²) in [7, 11) is 0. The van der Waals surface area contributed by atoms with Crippen LogP contribution in [0.2, 0.25) is 0 Å². The van der Waals surface area contributed by atoms with Gasteiger partial charge in [-0.25, -0.2) is 0 Å². The molecule has 1 amide bonds. The quantitative estimate of drug-likeness (QED) is 0.378. The molecule has 0 saturated heterocycles. The summed E-state index contributed by atoms with van der Waals surface area (Å²) in [4.78, 5) is 23.6. The Bertz CT molecular complexity index is 1240. The van der Waals surface area contributed by atoms with E-state index in [4.69, 9.17) is 0 Å². The molecule has 6 rings (SSSR count). The van der Waals surface area contributed by atoms with Gasteiger partial charge in [-0.05, 0) is 78.3 Å². The van der Waals surface area contributed by atoms with Gasteiger partial charge in [-0.2, -0.15) is 0 Å². The number of carbonyl (C=O) groups is 1. The number of hydrogen-bond acceptors (Lipinski definition) is 4. The lowest BCUT2D eigenvalue weighted by Crippen LogP contribution is -2.35. The fourth-order valence-corrected chi connectivity index (χ4v) is 6.52. The molecule has 3 aromatic rings. The number of nitrogens with zero attached hydrogens (tertiary/aromatic N) is 1. The Balaban J connectivity index is 1.33. The van der Waals surface area contributed by atoms with Crippen molar-refractivity contribution in [2.24, 2.45) is 17.8 Å². The lowest BCUT2D eigenvalue weighted by Gasteiger charge is -2.43. The Morgan fingerprint density at radius 2 is 1.79 bits per heavy atom. The van der Waals surface area contributed by atoms with Gasteiger partial charge < -0.3 is 10.6 Å². The fourth-order valence-electron chi connectivity index (χ4n) is 6.52. The first-order valence-electron chi connectivity index (χ1n) is 11.6. The van der Waals surface area contributed by atoms with E-state index in [0.717, 1.165) is 5.69 Å². The highest BCUT2D eigenvalue weighted by atomic mass is 16.6. The van der Waals surface area contributed by atoms with E-state index in [-0.39, 0.29) is 11.6 Å². The molecule has 5 atom stereocenters. The molecule has 2 N–H and O–H groups in total. The van der Waals surface area contributed by atoms with E-state index in [2.05, 4.69) is 41.0 Å². The van der Waals surface area contributed by atoms with Crippen LogP contribution in [0.4, 0.5) is 17.1 Å². The summed E-state index contributed by atoms with van der Waals surface area (Å²) >= 11 is 0. The molecule has 6 nitrogen and oxygen atoms in total. The average molecular weight is 440 g/mol. The van der Waals surface area contributed by atoms with Crippen LogP contribution in [0.15, 0.2) is 72.8 Å². The molecule has 2 saturated carbocycles. The second-order valence-electron chi connectivity index (χ2n) is 9.53. The molecule has 1 aliphatic heterocycles. The fraction of sp³-hybridized carbons (Fsp3) is 0.296. The van der Waals surface area contributed by atoms with E-state index in [1.807, 2.05) is 18.2 Å². The smallest absolute Gasteiger partial charge is 0.271 e. The molecule has 2 fully saturated rings. The highest BCUT2D eigenvalue weighted by Crippen LogP contribution is 2.63. The van der Waals surface area contributed by atoms with Gasteiger partial charge in [0.2, 0.25) is 0 Å². The number of amides is 1. The molecule has 3 aromatic carbocycles. The second kappa shape index (κ2) is 7.73. The molecule has 1 heterocycles. The van der Waals surface area contributed by atoms with Crippen molar-refractivity contribution in [3.63, 3.8) is 0 Å². The molecule has 0 spiro atoms. The Morgan fingerprint density at radius 1 is 0.970 bits per heavy atom. The van der Waals surface area contributed by atoms with Crippen molar-refractivity contribution in [3.8, 4) is 0 Å². The summed E-state index contributed by atoms with van der Waals surface area (Å²) in [5.74, 6) is 2.13. The summed E-state index contributed by atoms with van der Waals surface area (Å²) < 4.78 is 0. The predicted molar refractivity (Wildman–Crippen MR) is 127 cm³/mol. The van der Waals surface area contributed by atoms with Gasteiger partial charge in [0.05, 0.1) is 11.0 Å². The Morgan fingerprint density at radius 3 is 2.61 bits per heavy atom. The van der Waals surface area contributed by atoms with Crippen LogP contribution in [-0.2, 0) is 0 Å². The number of nitro groups is 1. The number of non-ortho nitro benzene ring substituents is 1. The molecule has 0 unspecified atom stereocenters. The molecular formula is C27H25N3O3. The van der Waals surface area contributed by atoms with Crippen LogP contribution in [0.5, 0.6) is 0 Å². The summed E-state index contributed by atoms with van der Waals surface area (Å²) in [6.45, 7) is 0. The van der Waals surface area contributed by atoms with E-state index in [9.17, 15) is 14.9 Å². The minimum absolute atomic E-state index is 0.0424. The van der Waals surface area contributed by atoms with Crippen molar-refractivity contribution >= 4 is 23.0 Å². The normalized spacial score (nSPS) is 26.7. The van der Waals surface area contributed by atoms with Gasteiger partial charge >= 0.3 is 0 Å². The number of rotatable bonds is 4. The highest BCUT2D eigenvalue weighted by Gasteiger charge is 2.53. The van der Waals surface area contributed by atoms with Crippen molar-refractivity contribution in [3.05, 3.63) is 99.6 Å². The summed E-state index contributed by atoms with van der Waals surface area (Å²) in [5.41, 5.74) is 4.65. The third-order valence-electron chi connectivity index (χ3n) is 7.82. The molecule has 3 aliphatic rings. The average Bonchev–Trinajstić information content (AvgIpc) is 3.47. The van der Waals surface area contributed by atoms with Crippen LogP contribution in [0, 0.1) is 27.9 Å². The lowest BCUT2D eigenvalue weighted by molar-refractivity contribution is -0.384. The van der Waals surface area contributed by atoms with Crippen molar-refractivity contribution in [1.82, 2.24) is 0 Å². The number of nitrogens with one attached hydrogen (secondary N) is 2. The van der Waals surface area contributed by atoms with Gasteiger partial charge in [-0.15, -0.1) is 0 Å². The van der Waals surface area contributed by atoms with E-state index >= 15 is 0 Å². The Hall–Kier alpha value is -3.67. The van der Waals surface area contributed by atoms with Crippen molar-refractivity contribution in [2.45, 2.75) is 31.2 Å². The van der Waals surface area contributed by atoms with Gasteiger partial charge in [0.25, 0.3) is 11.6 Å². The number of hydrogen-bond donors (Lipinski definition) is 2. The van der Waals surface area contributed by atoms with E-state index in [1.165, 1.54) is 42.5 Å². The third-order valence-corrected chi connectivity index (χ3v) is 7.82. The topological polar surface area (TPSA) is 84.3 Å². The summed E-state index contributed by atoms with van der Waals surface area (Å²) in [6, 6.07) is 22.9. The van der Waals surface area contributed by atoms with Crippen molar-refractivity contribution in [1.29, 1.82) is 0 Å².